The molecule has 0 spiro atoms. The van der Waals surface area contributed by atoms with E-state index in [1.165, 1.54) is 50.9 Å². The van der Waals surface area contributed by atoms with E-state index in [1.807, 2.05) is 36.5 Å². The zero-order chi connectivity index (χ0) is 29.8. The second-order valence-electron chi connectivity index (χ2n) is 9.75. The van der Waals surface area contributed by atoms with Crippen LogP contribution in [0.1, 0.15) is 64.2 Å². The quantitative estimate of drug-likeness (QED) is 0.0408. The summed E-state index contributed by atoms with van der Waals surface area (Å²) in [7, 11) is -7.61. The van der Waals surface area contributed by atoms with Crippen molar-refractivity contribution in [3.05, 3.63) is 73.2 Å². The molecule has 0 aromatic rings. The number of allylic oxidation sites excluding steroid dienone is 10. The molecule has 9 nitrogen and oxygen atoms in total. The summed E-state index contributed by atoms with van der Waals surface area (Å²) >= 11 is 0. The molecule has 0 heterocycles. The Bertz CT molecular complexity index is 888. The van der Waals surface area contributed by atoms with Gasteiger partial charge in [0, 0.05) is 6.16 Å². The molecule has 3 atom stereocenters. The van der Waals surface area contributed by atoms with E-state index in [-0.39, 0.29) is 12.6 Å². The zero-order valence-electron chi connectivity index (χ0n) is 24.0. The monoisotopic (exact) mass is 600 g/mol. The normalized spacial score (nSPS) is 16.7. The Labute approximate surface area is 242 Å². The predicted octanol–water partition coefficient (Wildman–Crippen LogP) is 5.05. The van der Waals surface area contributed by atoms with Crippen LogP contribution < -0.4 is 22.1 Å². The number of aliphatic hydroxyl groups is 1. The molecule has 0 fully saturated rings. The summed E-state index contributed by atoms with van der Waals surface area (Å²) in [5.41, 5.74) is 9.57. The van der Waals surface area contributed by atoms with Crippen molar-refractivity contribution in [2.75, 3.05) is 38.4 Å². The fourth-order valence-corrected chi connectivity index (χ4v) is 7.85. The van der Waals surface area contributed by atoms with Crippen LogP contribution in [0.15, 0.2) is 73.2 Å². The van der Waals surface area contributed by atoms with Crippen LogP contribution in [0, 0.1) is 0 Å². The van der Waals surface area contributed by atoms with Crippen molar-refractivity contribution < 1.29 is 24.0 Å². The van der Waals surface area contributed by atoms with Crippen molar-refractivity contribution in [2.45, 2.75) is 69.9 Å². The smallest absolute Gasteiger partial charge is 0.219 e. The number of unbranched alkanes of at least 4 members (excludes halogenated alkanes) is 9. The van der Waals surface area contributed by atoms with E-state index in [9.17, 15) is 24.0 Å². The number of rotatable bonds is 26. The van der Waals surface area contributed by atoms with Crippen molar-refractivity contribution in [3.8, 4) is 0 Å². The van der Waals surface area contributed by atoms with E-state index >= 15 is 0 Å². The maximum atomic E-state index is 12.7. The van der Waals surface area contributed by atoms with E-state index in [2.05, 4.69) is 10.6 Å². The molecule has 230 valence electrons. The molecule has 0 aliphatic carbocycles. The minimum Gasteiger partial charge on any atom is -0.405 e. The van der Waals surface area contributed by atoms with Crippen LogP contribution >= 0.6 is 14.7 Å². The second-order valence-corrected chi connectivity index (χ2v) is 14.7. The van der Waals surface area contributed by atoms with Crippen molar-refractivity contribution in [3.63, 3.8) is 0 Å². The van der Waals surface area contributed by atoms with Crippen LogP contribution in [0.3, 0.4) is 0 Å². The van der Waals surface area contributed by atoms with Crippen molar-refractivity contribution in [1.82, 2.24) is 10.6 Å². The number of hydrogen-bond donors (Lipinski definition) is 7. The van der Waals surface area contributed by atoms with Crippen LogP contribution in [-0.2, 0) is 9.13 Å². The Morgan fingerprint density at radius 3 is 1.65 bits per heavy atom. The zero-order valence-corrected chi connectivity index (χ0v) is 25.8. The molecule has 0 bridgehead atoms. The van der Waals surface area contributed by atoms with Gasteiger partial charge in [-0.1, -0.05) is 100.0 Å². The highest BCUT2D eigenvalue weighted by atomic mass is 31.2. The van der Waals surface area contributed by atoms with E-state index in [1.54, 1.807) is 24.3 Å². The maximum absolute atomic E-state index is 12.7. The Morgan fingerprint density at radius 1 is 0.675 bits per heavy atom. The SMILES string of the molecule is N\C=C/C=C/C=C/C=C/C=C/C=C\NCP(=O)(O)CC(CO)P(=O)(O)CNCCCCCCCCCCCCN. The highest BCUT2D eigenvalue weighted by Gasteiger charge is 2.35. The molecule has 0 rings (SSSR count). The first kappa shape index (κ1) is 38.3. The largest absolute Gasteiger partial charge is 0.405 e. The van der Waals surface area contributed by atoms with Crippen LogP contribution in [0.4, 0.5) is 0 Å². The number of aliphatic hydroxyl groups excluding tert-OH is 1. The summed E-state index contributed by atoms with van der Waals surface area (Å²) < 4.78 is 25.3. The third-order valence-electron chi connectivity index (χ3n) is 6.09. The number of nitrogens with one attached hydrogen (secondary N) is 2. The molecule has 0 saturated heterocycles. The first-order valence-electron chi connectivity index (χ1n) is 14.4. The predicted molar refractivity (Wildman–Crippen MR) is 171 cm³/mol. The van der Waals surface area contributed by atoms with Gasteiger partial charge < -0.3 is 37.0 Å². The fraction of sp³-hybridized carbons (Fsp3) is 0.586. The molecule has 40 heavy (non-hydrogen) atoms. The maximum Gasteiger partial charge on any atom is 0.219 e. The Kier molecular flexibility index (Phi) is 25.1. The minimum absolute atomic E-state index is 0.178. The van der Waals surface area contributed by atoms with Gasteiger partial charge in [-0.25, -0.2) is 0 Å². The molecule has 11 heteroatoms. The molecule has 0 aliphatic rings. The van der Waals surface area contributed by atoms with Crippen LogP contribution in [0.2, 0.25) is 0 Å². The molecule has 3 unspecified atom stereocenters. The van der Waals surface area contributed by atoms with Crippen molar-refractivity contribution in [2.24, 2.45) is 11.5 Å². The van der Waals surface area contributed by atoms with Gasteiger partial charge in [0.05, 0.1) is 24.8 Å². The third-order valence-corrected chi connectivity index (χ3v) is 10.2. The average Bonchev–Trinajstić information content (AvgIpc) is 2.92. The molecule has 9 N–H and O–H groups in total. The molecule has 0 amide bonds. The summed E-state index contributed by atoms with van der Waals surface area (Å²) in [4.78, 5) is 20.7. The first-order valence-corrected chi connectivity index (χ1v) is 18.3. The van der Waals surface area contributed by atoms with Gasteiger partial charge in [-0.3, -0.25) is 9.13 Å². The molecule has 0 saturated carbocycles. The van der Waals surface area contributed by atoms with E-state index in [0.29, 0.717) is 6.54 Å². The summed E-state index contributed by atoms with van der Waals surface area (Å²) in [6.45, 7) is 0.765. The summed E-state index contributed by atoms with van der Waals surface area (Å²) in [6, 6.07) is 0. The second kappa shape index (κ2) is 26.2. The highest BCUT2D eigenvalue weighted by molar-refractivity contribution is 7.62. The summed E-state index contributed by atoms with van der Waals surface area (Å²) in [6.07, 6.45) is 31.8. The molecular formula is C29H54N4O5P2. The average molecular weight is 601 g/mol. The fourth-order valence-electron chi connectivity index (χ4n) is 3.78. The van der Waals surface area contributed by atoms with E-state index in [4.69, 9.17) is 11.5 Å². The Balaban J connectivity index is 4.16. The van der Waals surface area contributed by atoms with Gasteiger partial charge >= 0.3 is 0 Å². The van der Waals surface area contributed by atoms with Crippen molar-refractivity contribution in [1.29, 1.82) is 0 Å². The van der Waals surface area contributed by atoms with E-state index < -0.39 is 33.2 Å². The Morgan fingerprint density at radius 2 is 1.15 bits per heavy atom. The topological polar surface area (TPSA) is 171 Å². The lowest BCUT2D eigenvalue weighted by Crippen LogP contribution is -2.27. The molecule has 0 aromatic heterocycles. The van der Waals surface area contributed by atoms with Gasteiger partial charge in [0.2, 0.25) is 14.7 Å². The first-order chi connectivity index (χ1) is 19.3. The number of hydrogen-bond acceptors (Lipinski definition) is 7. The lowest BCUT2D eigenvalue weighted by molar-refractivity contribution is 0.286. The lowest BCUT2D eigenvalue weighted by atomic mass is 10.1. The van der Waals surface area contributed by atoms with Gasteiger partial charge in [0.15, 0.2) is 0 Å². The molecular weight excluding hydrogens is 546 g/mol. The minimum atomic E-state index is -3.84. The molecule has 0 aromatic carbocycles. The standard InChI is InChI=1S/C29H54N4O5P2/c30-21-17-13-9-5-1-3-7-11-15-19-23-32-27-39(35,36)26-29(25-34)40(37,38)28-33-24-20-16-12-8-4-2-6-10-14-18-22-31/h1,3,5,7,9,11,13,15,17,19,21,23,29,32-34H,2,4,6,8,10,12,14,16,18,20,22,24-28,30-31H2,(H,35,36)(H,37,38)/b5-1+,7-3+,13-9+,15-11+,21-17-,23-19-. The van der Waals surface area contributed by atoms with Crippen LogP contribution in [0.5, 0.6) is 0 Å². The highest BCUT2D eigenvalue weighted by Crippen LogP contribution is 2.52. The third kappa shape index (κ3) is 24.1. The van der Waals surface area contributed by atoms with Gasteiger partial charge in [0.25, 0.3) is 0 Å². The van der Waals surface area contributed by atoms with Crippen LogP contribution in [0.25, 0.3) is 0 Å². The van der Waals surface area contributed by atoms with Gasteiger partial charge in [-0.05, 0) is 50.5 Å². The lowest BCUT2D eigenvalue weighted by Gasteiger charge is -2.24. The van der Waals surface area contributed by atoms with Gasteiger partial charge in [0.1, 0.15) is 0 Å². The van der Waals surface area contributed by atoms with Gasteiger partial charge in [-0.15, -0.1) is 0 Å². The van der Waals surface area contributed by atoms with Crippen molar-refractivity contribution >= 4 is 14.7 Å². The number of nitrogens with two attached hydrogens (primary N) is 2. The van der Waals surface area contributed by atoms with Crippen LogP contribution in [-0.4, -0.2) is 59.0 Å². The van der Waals surface area contributed by atoms with Gasteiger partial charge in [-0.2, -0.15) is 0 Å². The van der Waals surface area contributed by atoms with E-state index in [0.717, 1.165) is 32.2 Å². The summed E-state index contributed by atoms with van der Waals surface area (Å²) in [5.74, 6) is 0. The molecule has 0 aliphatic heterocycles. The Hall–Kier alpha value is -1.70. The molecule has 0 radical (unpaired) electrons. The summed E-state index contributed by atoms with van der Waals surface area (Å²) in [5, 5.41) is 15.4.